The maximum absolute atomic E-state index is 12.4. The SMILES string of the molecule is COCCN1C(=O)N[C@H](c2ccc([N+](=O)[O-])cc2)C(C(=O)OC)=C1C. The Balaban J connectivity index is 2.45. The summed E-state index contributed by atoms with van der Waals surface area (Å²) in [6, 6.07) is 4.52. The van der Waals surface area contributed by atoms with Crippen LogP contribution in [-0.2, 0) is 14.3 Å². The molecule has 1 aliphatic rings. The normalized spacial score (nSPS) is 17.3. The second-order valence-corrected chi connectivity index (χ2v) is 5.37. The molecule has 1 atom stereocenters. The summed E-state index contributed by atoms with van der Waals surface area (Å²) >= 11 is 0. The van der Waals surface area contributed by atoms with Crippen molar-refractivity contribution in [3.8, 4) is 0 Å². The van der Waals surface area contributed by atoms with Crippen LogP contribution < -0.4 is 5.32 Å². The number of methoxy groups -OCH3 is 2. The van der Waals surface area contributed by atoms with Gasteiger partial charge in [0.2, 0.25) is 0 Å². The molecule has 2 amide bonds. The van der Waals surface area contributed by atoms with Gasteiger partial charge in [-0.1, -0.05) is 0 Å². The molecule has 0 bridgehead atoms. The van der Waals surface area contributed by atoms with Crippen molar-refractivity contribution >= 4 is 17.7 Å². The number of hydrogen-bond acceptors (Lipinski definition) is 6. The molecular formula is C16H19N3O6. The lowest BCUT2D eigenvalue weighted by Gasteiger charge is -2.35. The highest BCUT2D eigenvalue weighted by Crippen LogP contribution is 2.31. The first-order valence-corrected chi connectivity index (χ1v) is 7.51. The van der Waals surface area contributed by atoms with Gasteiger partial charge in [0.15, 0.2) is 0 Å². The van der Waals surface area contributed by atoms with Crippen LogP contribution in [0.15, 0.2) is 35.5 Å². The van der Waals surface area contributed by atoms with Crippen molar-refractivity contribution in [3.05, 3.63) is 51.2 Å². The van der Waals surface area contributed by atoms with E-state index in [0.717, 1.165) is 0 Å². The van der Waals surface area contributed by atoms with Crippen LogP contribution in [0.3, 0.4) is 0 Å². The monoisotopic (exact) mass is 349 g/mol. The van der Waals surface area contributed by atoms with E-state index in [1.54, 1.807) is 6.92 Å². The van der Waals surface area contributed by atoms with Gasteiger partial charge >= 0.3 is 12.0 Å². The highest BCUT2D eigenvalue weighted by Gasteiger charge is 2.36. The van der Waals surface area contributed by atoms with Crippen LogP contribution in [0.5, 0.6) is 0 Å². The summed E-state index contributed by atoms with van der Waals surface area (Å²) in [5, 5.41) is 13.5. The van der Waals surface area contributed by atoms with Crippen molar-refractivity contribution in [2.75, 3.05) is 27.4 Å². The van der Waals surface area contributed by atoms with E-state index >= 15 is 0 Å². The summed E-state index contributed by atoms with van der Waals surface area (Å²) in [6.07, 6.45) is 0. The van der Waals surface area contributed by atoms with Crippen LogP contribution in [0.2, 0.25) is 0 Å². The fraction of sp³-hybridized carbons (Fsp3) is 0.375. The summed E-state index contributed by atoms with van der Waals surface area (Å²) in [7, 11) is 2.77. The van der Waals surface area contributed by atoms with Crippen molar-refractivity contribution in [2.24, 2.45) is 0 Å². The quantitative estimate of drug-likeness (QED) is 0.476. The van der Waals surface area contributed by atoms with Gasteiger partial charge in [0.05, 0.1) is 36.8 Å². The first-order chi connectivity index (χ1) is 11.9. The zero-order valence-corrected chi connectivity index (χ0v) is 14.1. The zero-order valence-electron chi connectivity index (χ0n) is 14.1. The van der Waals surface area contributed by atoms with Crippen LogP contribution in [0, 0.1) is 10.1 Å². The predicted octanol–water partition coefficient (Wildman–Crippen LogP) is 1.75. The summed E-state index contributed by atoms with van der Waals surface area (Å²) in [6.45, 7) is 2.24. The molecule has 0 radical (unpaired) electrons. The average Bonchev–Trinajstić information content (AvgIpc) is 2.60. The Morgan fingerprint density at radius 3 is 2.48 bits per heavy atom. The van der Waals surface area contributed by atoms with Crippen molar-refractivity contribution < 1.29 is 24.0 Å². The van der Waals surface area contributed by atoms with Gasteiger partial charge in [0, 0.05) is 24.9 Å². The van der Waals surface area contributed by atoms with Gasteiger partial charge in [-0.2, -0.15) is 0 Å². The topological polar surface area (TPSA) is 111 Å². The maximum Gasteiger partial charge on any atom is 0.337 e. The number of nitro benzene ring substituents is 1. The highest BCUT2D eigenvalue weighted by molar-refractivity contribution is 5.95. The molecule has 0 unspecified atom stereocenters. The van der Waals surface area contributed by atoms with Gasteiger partial charge in [-0.05, 0) is 24.6 Å². The summed E-state index contributed by atoms with van der Waals surface area (Å²) in [4.78, 5) is 36.3. The van der Waals surface area contributed by atoms with Crippen LogP contribution in [0.4, 0.5) is 10.5 Å². The number of benzene rings is 1. The third-order valence-corrected chi connectivity index (χ3v) is 3.96. The largest absolute Gasteiger partial charge is 0.466 e. The number of allylic oxidation sites excluding steroid dienone is 1. The first kappa shape index (κ1) is 18.4. The number of urea groups is 1. The Kier molecular flexibility index (Phi) is 5.71. The van der Waals surface area contributed by atoms with Crippen molar-refractivity contribution in [3.63, 3.8) is 0 Å². The van der Waals surface area contributed by atoms with Crippen molar-refractivity contribution in [2.45, 2.75) is 13.0 Å². The Morgan fingerprint density at radius 1 is 1.32 bits per heavy atom. The van der Waals surface area contributed by atoms with Crippen molar-refractivity contribution in [1.82, 2.24) is 10.2 Å². The smallest absolute Gasteiger partial charge is 0.337 e. The summed E-state index contributed by atoms with van der Waals surface area (Å²) in [5.74, 6) is -0.580. The Labute approximate surface area is 144 Å². The molecule has 0 saturated carbocycles. The van der Waals surface area contributed by atoms with E-state index in [-0.39, 0.29) is 23.8 Å². The first-order valence-electron chi connectivity index (χ1n) is 7.51. The number of amides is 2. The molecule has 0 spiro atoms. The van der Waals surface area contributed by atoms with Gasteiger partial charge in [0.1, 0.15) is 0 Å². The minimum absolute atomic E-state index is 0.0760. The van der Waals surface area contributed by atoms with Crippen molar-refractivity contribution in [1.29, 1.82) is 0 Å². The van der Waals surface area contributed by atoms with Gasteiger partial charge in [0.25, 0.3) is 5.69 Å². The Bertz CT molecular complexity index is 713. The molecule has 1 aliphatic heterocycles. The molecule has 134 valence electrons. The number of esters is 1. The Hall–Kier alpha value is -2.94. The molecule has 0 aromatic heterocycles. The van der Waals surface area contributed by atoms with Gasteiger partial charge in [-0.3, -0.25) is 15.0 Å². The summed E-state index contributed by atoms with van der Waals surface area (Å²) in [5.41, 5.74) is 1.20. The predicted molar refractivity (Wildman–Crippen MR) is 87.7 cm³/mol. The third-order valence-electron chi connectivity index (χ3n) is 3.96. The number of nitrogens with zero attached hydrogens (tertiary/aromatic N) is 2. The maximum atomic E-state index is 12.4. The Morgan fingerprint density at radius 2 is 1.96 bits per heavy atom. The number of rotatable bonds is 6. The van der Waals surface area contributed by atoms with Gasteiger partial charge in [-0.25, -0.2) is 9.59 Å². The lowest BCUT2D eigenvalue weighted by atomic mass is 9.94. The molecule has 25 heavy (non-hydrogen) atoms. The van der Waals surface area contributed by atoms with E-state index in [2.05, 4.69) is 5.32 Å². The average molecular weight is 349 g/mol. The second-order valence-electron chi connectivity index (χ2n) is 5.37. The molecule has 2 rings (SSSR count). The number of hydrogen-bond donors (Lipinski definition) is 1. The highest BCUT2D eigenvalue weighted by atomic mass is 16.6. The fourth-order valence-electron chi connectivity index (χ4n) is 2.65. The number of nitro groups is 1. The molecular weight excluding hydrogens is 330 g/mol. The van der Waals surface area contributed by atoms with E-state index in [4.69, 9.17) is 9.47 Å². The van der Waals surface area contributed by atoms with E-state index in [0.29, 0.717) is 17.9 Å². The zero-order chi connectivity index (χ0) is 18.6. The molecule has 1 aromatic carbocycles. The summed E-state index contributed by atoms with van der Waals surface area (Å²) < 4.78 is 9.83. The standard InChI is InChI=1S/C16H19N3O6/c1-10-13(15(20)25-3)14(17-16(21)18(10)8-9-24-2)11-4-6-12(7-5-11)19(22)23/h4-7,14H,8-9H2,1-3H3,(H,17,21)/t14-/m1/s1. The fourth-order valence-corrected chi connectivity index (χ4v) is 2.65. The molecule has 1 N–H and O–H groups in total. The van der Waals surface area contributed by atoms with Crippen LogP contribution in [0.1, 0.15) is 18.5 Å². The lowest BCUT2D eigenvalue weighted by Crippen LogP contribution is -2.48. The van der Waals surface area contributed by atoms with Crippen LogP contribution >= 0.6 is 0 Å². The minimum atomic E-state index is -0.750. The molecule has 9 heteroatoms. The molecule has 0 fully saturated rings. The number of ether oxygens (including phenoxy) is 2. The molecule has 1 heterocycles. The minimum Gasteiger partial charge on any atom is -0.466 e. The van der Waals surface area contributed by atoms with Gasteiger partial charge < -0.3 is 14.8 Å². The van der Waals surface area contributed by atoms with Crippen LogP contribution in [-0.4, -0.2) is 49.2 Å². The van der Waals surface area contributed by atoms with Gasteiger partial charge in [-0.15, -0.1) is 0 Å². The third kappa shape index (κ3) is 3.77. The lowest BCUT2D eigenvalue weighted by molar-refractivity contribution is -0.384. The molecule has 9 nitrogen and oxygen atoms in total. The van der Waals surface area contributed by atoms with E-state index < -0.39 is 16.9 Å². The van der Waals surface area contributed by atoms with E-state index in [9.17, 15) is 19.7 Å². The number of non-ortho nitro benzene ring substituents is 1. The van der Waals surface area contributed by atoms with E-state index in [1.807, 2.05) is 0 Å². The number of carbonyl (C=O) groups is 2. The number of nitrogens with one attached hydrogen (secondary N) is 1. The number of carbonyl (C=O) groups excluding carboxylic acids is 2. The molecule has 0 aliphatic carbocycles. The second kappa shape index (κ2) is 7.75. The van der Waals surface area contributed by atoms with Crippen LogP contribution in [0.25, 0.3) is 0 Å². The molecule has 0 saturated heterocycles. The van der Waals surface area contributed by atoms with E-state index in [1.165, 1.54) is 43.4 Å². The molecule has 1 aromatic rings.